The number of thiophene rings is 1. The molecule has 0 spiro atoms. The zero-order valence-corrected chi connectivity index (χ0v) is 17.3. The number of guanidine groups is 1. The van der Waals surface area contributed by atoms with E-state index in [0.29, 0.717) is 6.04 Å². The third-order valence-corrected chi connectivity index (χ3v) is 6.60. The number of piperidine rings is 1. The fourth-order valence-corrected chi connectivity index (χ4v) is 4.72. The summed E-state index contributed by atoms with van der Waals surface area (Å²) in [5, 5.41) is 10.5. The molecule has 27 heavy (non-hydrogen) atoms. The summed E-state index contributed by atoms with van der Waals surface area (Å²) in [5.74, 6) is 1.70. The van der Waals surface area contributed by atoms with E-state index in [4.69, 9.17) is 0 Å². The van der Waals surface area contributed by atoms with Crippen molar-refractivity contribution < 1.29 is 4.39 Å². The number of benzene rings is 1. The lowest BCUT2D eigenvalue weighted by Gasteiger charge is -2.33. The number of hydrogen-bond donors (Lipinski definition) is 2. The Morgan fingerprint density at radius 1 is 1.26 bits per heavy atom. The van der Waals surface area contributed by atoms with Crippen molar-refractivity contribution in [1.29, 1.82) is 0 Å². The lowest BCUT2D eigenvalue weighted by molar-refractivity contribution is 0.463. The van der Waals surface area contributed by atoms with E-state index in [0.717, 1.165) is 55.5 Å². The standard InChI is InChI=1S/C20H27FN4S2/c1-22-20(23-11-3-15-26-18-7-5-16(21)6-8-18)24-17-9-12-25(13-10-17)19-4-2-14-27-19/h2,4-8,14,17H,3,9-13,15H2,1H3,(H2,22,23,24). The minimum atomic E-state index is -0.183. The highest BCUT2D eigenvalue weighted by Crippen LogP contribution is 2.24. The van der Waals surface area contributed by atoms with E-state index >= 15 is 0 Å². The molecule has 1 fully saturated rings. The maximum absolute atomic E-state index is 12.9. The molecule has 146 valence electrons. The Labute approximate surface area is 169 Å². The molecule has 1 aliphatic rings. The molecule has 0 saturated carbocycles. The number of halogens is 1. The van der Waals surface area contributed by atoms with Crippen LogP contribution in [-0.4, -0.2) is 44.4 Å². The van der Waals surface area contributed by atoms with Crippen LogP contribution in [0.1, 0.15) is 19.3 Å². The maximum Gasteiger partial charge on any atom is 0.191 e. The lowest BCUT2D eigenvalue weighted by Crippen LogP contribution is -2.48. The minimum absolute atomic E-state index is 0.183. The highest BCUT2D eigenvalue weighted by Gasteiger charge is 2.20. The highest BCUT2D eigenvalue weighted by atomic mass is 32.2. The molecular formula is C20H27FN4S2. The van der Waals surface area contributed by atoms with Crippen LogP contribution in [0.5, 0.6) is 0 Å². The molecule has 0 unspecified atom stereocenters. The van der Waals surface area contributed by atoms with Crippen molar-refractivity contribution in [3.8, 4) is 0 Å². The van der Waals surface area contributed by atoms with Gasteiger partial charge in [0.2, 0.25) is 0 Å². The summed E-state index contributed by atoms with van der Waals surface area (Å²) in [7, 11) is 1.82. The van der Waals surface area contributed by atoms with E-state index in [9.17, 15) is 4.39 Å². The number of nitrogens with zero attached hydrogens (tertiary/aromatic N) is 2. The van der Waals surface area contributed by atoms with Gasteiger partial charge >= 0.3 is 0 Å². The van der Waals surface area contributed by atoms with Crippen molar-refractivity contribution in [3.05, 3.63) is 47.6 Å². The summed E-state index contributed by atoms with van der Waals surface area (Å²) in [6.07, 6.45) is 3.28. The first-order valence-electron chi connectivity index (χ1n) is 9.38. The largest absolute Gasteiger partial charge is 0.363 e. The fourth-order valence-electron chi connectivity index (χ4n) is 3.08. The molecule has 1 aromatic heterocycles. The molecule has 0 bridgehead atoms. The van der Waals surface area contributed by atoms with Crippen molar-refractivity contribution in [2.45, 2.75) is 30.2 Å². The molecule has 2 aromatic rings. The van der Waals surface area contributed by atoms with E-state index < -0.39 is 0 Å². The van der Waals surface area contributed by atoms with Crippen molar-refractivity contribution in [2.24, 2.45) is 4.99 Å². The number of hydrogen-bond acceptors (Lipinski definition) is 4. The molecule has 0 aliphatic carbocycles. The van der Waals surface area contributed by atoms with Gasteiger partial charge in [-0.3, -0.25) is 4.99 Å². The van der Waals surface area contributed by atoms with Crippen molar-refractivity contribution in [2.75, 3.05) is 37.3 Å². The molecule has 0 radical (unpaired) electrons. The van der Waals surface area contributed by atoms with Crippen LogP contribution in [0.15, 0.2) is 51.7 Å². The average molecular weight is 407 g/mol. The monoisotopic (exact) mass is 406 g/mol. The van der Waals surface area contributed by atoms with Crippen LogP contribution < -0.4 is 15.5 Å². The summed E-state index contributed by atoms with van der Waals surface area (Å²) >= 11 is 3.56. The topological polar surface area (TPSA) is 39.7 Å². The van der Waals surface area contributed by atoms with Gasteiger partial charge in [-0.15, -0.1) is 23.1 Å². The smallest absolute Gasteiger partial charge is 0.191 e. The third kappa shape index (κ3) is 6.43. The van der Waals surface area contributed by atoms with Gasteiger partial charge in [-0.05, 0) is 66.8 Å². The molecule has 1 saturated heterocycles. The summed E-state index contributed by atoms with van der Waals surface area (Å²) in [5.41, 5.74) is 0. The Morgan fingerprint density at radius 3 is 2.70 bits per heavy atom. The Bertz CT molecular complexity index is 695. The van der Waals surface area contributed by atoms with Gasteiger partial charge in [0, 0.05) is 37.6 Å². The van der Waals surface area contributed by atoms with Gasteiger partial charge in [0.25, 0.3) is 0 Å². The second-order valence-electron chi connectivity index (χ2n) is 6.51. The molecule has 3 rings (SSSR count). The van der Waals surface area contributed by atoms with Gasteiger partial charge in [-0.25, -0.2) is 4.39 Å². The number of thioether (sulfide) groups is 1. The van der Waals surface area contributed by atoms with Gasteiger partial charge in [-0.2, -0.15) is 0 Å². The van der Waals surface area contributed by atoms with Gasteiger partial charge in [0.05, 0.1) is 5.00 Å². The van der Waals surface area contributed by atoms with Gasteiger partial charge in [0.15, 0.2) is 5.96 Å². The molecule has 1 aliphatic heterocycles. The average Bonchev–Trinajstić information content (AvgIpc) is 3.23. The molecule has 4 nitrogen and oxygen atoms in total. The summed E-state index contributed by atoms with van der Waals surface area (Å²) < 4.78 is 12.9. The van der Waals surface area contributed by atoms with E-state index in [1.54, 1.807) is 11.8 Å². The van der Waals surface area contributed by atoms with Crippen LogP contribution in [0.25, 0.3) is 0 Å². The van der Waals surface area contributed by atoms with E-state index in [1.165, 1.54) is 17.1 Å². The number of rotatable bonds is 7. The van der Waals surface area contributed by atoms with E-state index in [2.05, 4.69) is 38.0 Å². The Morgan fingerprint density at radius 2 is 2.04 bits per heavy atom. The lowest BCUT2D eigenvalue weighted by atomic mass is 10.1. The molecule has 7 heteroatoms. The normalized spacial score (nSPS) is 15.8. The predicted octanol–water partition coefficient (Wildman–Crippen LogP) is 4.20. The van der Waals surface area contributed by atoms with Gasteiger partial charge < -0.3 is 15.5 Å². The molecule has 2 heterocycles. The second-order valence-corrected chi connectivity index (χ2v) is 8.61. The first-order valence-corrected chi connectivity index (χ1v) is 11.2. The number of nitrogens with one attached hydrogen (secondary N) is 2. The highest BCUT2D eigenvalue weighted by molar-refractivity contribution is 7.99. The second kappa shape index (κ2) is 10.6. The van der Waals surface area contributed by atoms with Crippen LogP contribution in [0, 0.1) is 5.82 Å². The van der Waals surface area contributed by atoms with Crippen molar-refractivity contribution >= 4 is 34.1 Å². The van der Waals surface area contributed by atoms with E-state index in [1.807, 2.05) is 30.5 Å². The van der Waals surface area contributed by atoms with Crippen LogP contribution >= 0.6 is 23.1 Å². The van der Waals surface area contributed by atoms with Crippen LogP contribution in [0.4, 0.5) is 9.39 Å². The Kier molecular flexibility index (Phi) is 7.83. The first kappa shape index (κ1) is 20.0. The molecule has 0 amide bonds. The van der Waals surface area contributed by atoms with Gasteiger partial charge in [-0.1, -0.05) is 0 Å². The zero-order valence-electron chi connectivity index (χ0n) is 15.7. The summed E-state index contributed by atoms with van der Waals surface area (Å²) in [6, 6.07) is 11.5. The third-order valence-electron chi connectivity index (χ3n) is 4.57. The summed E-state index contributed by atoms with van der Waals surface area (Å²) in [4.78, 5) is 7.92. The van der Waals surface area contributed by atoms with Gasteiger partial charge in [0.1, 0.15) is 5.82 Å². The van der Waals surface area contributed by atoms with Crippen molar-refractivity contribution in [3.63, 3.8) is 0 Å². The summed E-state index contributed by atoms with van der Waals surface area (Å²) in [6.45, 7) is 3.05. The first-order chi connectivity index (χ1) is 13.2. The van der Waals surface area contributed by atoms with Crippen molar-refractivity contribution in [1.82, 2.24) is 10.6 Å². The number of aliphatic imine (C=N–C) groups is 1. The van der Waals surface area contributed by atoms with Crippen LogP contribution in [0.3, 0.4) is 0 Å². The Hall–Kier alpha value is -1.73. The molecular weight excluding hydrogens is 379 g/mol. The maximum atomic E-state index is 12.9. The molecule has 0 atom stereocenters. The predicted molar refractivity (Wildman–Crippen MR) is 116 cm³/mol. The molecule has 2 N–H and O–H groups in total. The zero-order chi connectivity index (χ0) is 18.9. The molecule has 1 aromatic carbocycles. The SMILES string of the molecule is CN=C(NCCCSc1ccc(F)cc1)NC1CCN(c2cccs2)CC1. The fraction of sp³-hybridized carbons (Fsp3) is 0.450. The number of anilines is 1. The quantitative estimate of drug-likeness (QED) is 0.313. The van der Waals surface area contributed by atoms with E-state index in [-0.39, 0.29) is 5.82 Å². The van der Waals surface area contributed by atoms with Crippen LogP contribution in [-0.2, 0) is 0 Å². The Balaban J connectivity index is 1.31. The van der Waals surface area contributed by atoms with Crippen LogP contribution in [0.2, 0.25) is 0 Å². The minimum Gasteiger partial charge on any atom is -0.363 e.